The standard InChI is InChI=1S/C25H22ClFN6O/c26-17-4-3-5-18(14-17)33-24-20(15-28-33)23(29-22(30-24)16-8-9-16)31-10-12-32(13-11-31)25(34)19-6-1-2-7-21(19)27/h1-7,14-16H,8-13H2. The van der Waals surface area contributed by atoms with E-state index >= 15 is 0 Å². The Hall–Kier alpha value is -3.52. The zero-order valence-corrected chi connectivity index (χ0v) is 19.1. The van der Waals surface area contributed by atoms with Gasteiger partial charge in [-0.3, -0.25) is 4.79 Å². The Morgan fingerprint density at radius 1 is 1.00 bits per heavy atom. The summed E-state index contributed by atoms with van der Waals surface area (Å²) in [5, 5.41) is 6.09. The van der Waals surface area contributed by atoms with Gasteiger partial charge < -0.3 is 9.80 Å². The molecular formula is C25H22ClFN6O. The number of rotatable bonds is 4. The van der Waals surface area contributed by atoms with Crippen molar-refractivity contribution in [1.29, 1.82) is 0 Å². The van der Waals surface area contributed by atoms with Gasteiger partial charge in [0.1, 0.15) is 17.5 Å². The first-order valence-electron chi connectivity index (χ1n) is 11.4. The van der Waals surface area contributed by atoms with Gasteiger partial charge >= 0.3 is 0 Å². The molecule has 0 radical (unpaired) electrons. The number of carbonyl (C=O) groups is 1. The molecule has 1 saturated heterocycles. The molecule has 2 aromatic carbocycles. The molecule has 1 saturated carbocycles. The smallest absolute Gasteiger partial charge is 0.256 e. The topological polar surface area (TPSA) is 67.2 Å². The zero-order valence-electron chi connectivity index (χ0n) is 18.4. The lowest BCUT2D eigenvalue weighted by molar-refractivity contribution is 0.0742. The number of hydrogen-bond donors (Lipinski definition) is 0. The van der Waals surface area contributed by atoms with E-state index in [-0.39, 0.29) is 11.5 Å². The van der Waals surface area contributed by atoms with Crippen molar-refractivity contribution < 1.29 is 9.18 Å². The number of anilines is 1. The number of aromatic nitrogens is 4. The highest BCUT2D eigenvalue weighted by atomic mass is 35.5. The second-order valence-electron chi connectivity index (χ2n) is 8.71. The normalized spacial score (nSPS) is 16.3. The summed E-state index contributed by atoms with van der Waals surface area (Å²) in [4.78, 5) is 26.5. The van der Waals surface area contributed by atoms with E-state index in [0.29, 0.717) is 37.1 Å². The van der Waals surface area contributed by atoms with Crippen LogP contribution in [-0.2, 0) is 0 Å². The molecule has 0 spiro atoms. The molecule has 2 aromatic heterocycles. The van der Waals surface area contributed by atoms with Crippen molar-refractivity contribution >= 4 is 34.4 Å². The quantitative estimate of drug-likeness (QED) is 0.435. The van der Waals surface area contributed by atoms with Gasteiger partial charge in [-0.25, -0.2) is 19.0 Å². The average molecular weight is 477 g/mol. The third-order valence-corrected chi connectivity index (χ3v) is 6.63. The molecule has 1 aliphatic carbocycles. The van der Waals surface area contributed by atoms with Gasteiger partial charge in [-0.05, 0) is 43.2 Å². The Kier molecular flexibility index (Phi) is 5.17. The summed E-state index contributed by atoms with van der Waals surface area (Å²) in [6.07, 6.45) is 3.96. The van der Waals surface area contributed by atoms with Crippen LogP contribution in [0.2, 0.25) is 5.02 Å². The van der Waals surface area contributed by atoms with Crippen LogP contribution in [0.1, 0.15) is 34.9 Å². The van der Waals surface area contributed by atoms with E-state index in [2.05, 4.69) is 10.00 Å². The lowest BCUT2D eigenvalue weighted by Crippen LogP contribution is -2.49. The molecule has 0 N–H and O–H groups in total. The first kappa shape index (κ1) is 21.0. The predicted octanol–water partition coefficient (Wildman–Crippen LogP) is 4.45. The summed E-state index contributed by atoms with van der Waals surface area (Å²) >= 11 is 6.21. The van der Waals surface area contributed by atoms with E-state index in [9.17, 15) is 9.18 Å². The van der Waals surface area contributed by atoms with Crippen LogP contribution in [0.5, 0.6) is 0 Å². The maximum absolute atomic E-state index is 14.1. The molecule has 6 rings (SSSR count). The summed E-state index contributed by atoms with van der Waals surface area (Å²) in [5.41, 5.74) is 1.70. The summed E-state index contributed by atoms with van der Waals surface area (Å²) < 4.78 is 15.9. The average Bonchev–Trinajstić information content (AvgIpc) is 3.62. The fourth-order valence-electron chi connectivity index (χ4n) is 4.40. The van der Waals surface area contributed by atoms with Gasteiger partial charge in [0.25, 0.3) is 5.91 Å². The lowest BCUT2D eigenvalue weighted by atomic mass is 10.1. The number of halogens is 2. The molecule has 0 bridgehead atoms. The predicted molar refractivity (Wildman–Crippen MR) is 128 cm³/mol. The highest BCUT2D eigenvalue weighted by molar-refractivity contribution is 6.30. The summed E-state index contributed by atoms with van der Waals surface area (Å²) in [5.74, 6) is 1.26. The molecule has 0 unspecified atom stereocenters. The zero-order chi connectivity index (χ0) is 23.2. The second kappa shape index (κ2) is 8.36. The molecular weight excluding hydrogens is 455 g/mol. The number of amides is 1. The van der Waals surface area contributed by atoms with E-state index in [1.165, 1.54) is 12.1 Å². The fraction of sp³-hybridized carbons (Fsp3) is 0.280. The number of nitrogens with zero attached hydrogens (tertiary/aromatic N) is 6. The number of carbonyl (C=O) groups excluding carboxylic acids is 1. The van der Waals surface area contributed by atoms with Crippen LogP contribution in [0.4, 0.5) is 10.2 Å². The second-order valence-corrected chi connectivity index (χ2v) is 9.15. The minimum absolute atomic E-state index is 0.110. The number of hydrogen-bond acceptors (Lipinski definition) is 5. The number of fused-ring (bicyclic) bond motifs is 1. The Bertz CT molecular complexity index is 1390. The van der Waals surface area contributed by atoms with Gasteiger partial charge in [0.15, 0.2) is 5.65 Å². The molecule has 7 nitrogen and oxygen atoms in total. The van der Waals surface area contributed by atoms with Crippen molar-refractivity contribution in [2.75, 3.05) is 31.1 Å². The van der Waals surface area contributed by atoms with Crippen LogP contribution in [0.3, 0.4) is 0 Å². The van der Waals surface area contributed by atoms with Crippen molar-refractivity contribution in [3.8, 4) is 5.69 Å². The van der Waals surface area contributed by atoms with E-state index in [4.69, 9.17) is 21.6 Å². The Balaban J connectivity index is 1.31. The largest absolute Gasteiger partial charge is 0.352 e. The first-order chi connectivity index (χ1) is 16.6. The van der Waals surface area contributed by atoms with Crippen molar-refractivity contribution in [3.63, 3.8) is 0 Å². The fourth-order valence-corrected chi connectivity index (χ4v) is 4.58. The van der Waals surface area contributed by atoms with Gasteiger partial charge in [-0.1, -0.05) is 29.8 Å². The van der Waals surface area contributed by atoms with Crippen molar-refractivity contribution in [3.05, 3.63) is 77.0 Å². The summed E-state index contributed by atoms with van der Waals surface area (Å²) in [7, 11) is 0. The van der Waals surface area contributed by atoms with E-state index < -0.39 is 5.82 Å². The lowest BCUT2D eigenvalue weighted by Gasteiger charge is -2.35. The van der Waals surface area contributed by atoms with Crippen molar-refractivity contribution in [2.45, 2.75) is 18.8 Å². The Morgan fingerprint density at radius 3 is 2.53 bits per heavy atom. The highest BCUT2D eigenvalue weighted by Crippen LogP contribution is 2.40. The van der Waals surface area contributed by atoms with E-state index in [1.807, 2.05) is 24.3 Å². The molecule has 1 aliphatic heterocycles. The number of benzene rings is 2. The molecule has 0 atom stereocenters. The molecule has 2 aliphatic rings. The van der Waals surface area contributed by atoms with E-state index in [1.54, 1.807) is 27.9 Å². The third-order valence-electron chi connectivity index (χ3n) is 6.39. The van der Waals surface area contributed by atoms with Crippen LogP contribution < -0.4 is 4.90 Å². The maximum atomic E-state index is 14.1. The summed E-state index contributed by atoms with van der Waals surface area (Å²) in [6.45, 7) is 2.16. The maximum Gasteiger partial charge on any atom is 0.256 e. The molecule has 34 heavy (non-hydrogen) atoms. The molecule has 1 amide bonds. The van der Waals surface area contributed by atoms with Gasteiger partial charge in [0, 0.05) is 37.1 Å². The van der Waals surface area contributed by atoms with Gasteiger partial charge in [0.05, 0.1) is 22.8 Å². The monoisotopic (exact) mass is 476 g/mol. The molecule has 3 heterocycles. The minimum atomic E-state index is -0.491. The van der Waals surface area contributed by atoms with E-state index in [0.717, 1.165) is 41.2 Å². The molecule has 9 heteroatoms. The number of piperazine rings is 1. The summed E-state index contributed by atoms with van der Waals surface area (Å²) in [6, 6.07) is 13.6. The minimum Gasteiger partial charge on any atom is -0.352 e. The SMILES string of the molecule is O=C(c1ccccc1F)N1CCN(c2nc(C3CC3)nc3c2cnn3-c2cccc(Cl)c2)CC1. The van der Waals surface area contributed by atoms with Crippen LogP contribution in [0.15, 0.2) is 54.7 Å². The van der Waals surface area contributed by atoms with Crippen molar-refractivity contribution in [2.24, 2.45) is 0 Å². The molecule has 2 fully saturated rings. The van der Waals surface area contributed by atoms with Gasteiger partial charge in [-0.15, -0.1) is 0 Å². The third kappa shape index (κ3) is 3.77. The van der Waals surface area contributed by atoms with Crippen LogP contribution in [-0.4, -0.2) is 56.7 Å². The van der Waals surface area contributed by atoms with Crippen LogP contribution in [0, 0.1) is 5.82 Å². The van der Waals surface area contributed by atoms with Gasteiger partial charge in [0.2, 0.25) is 0 Å². The highest BCUT2D eigenvalue weighted by Gasteiger charge is 2.31. The van der Waals surface area contributed by atoms with Gasteiger partial charge in [-0.2, -0.15) is 5.10 Å². The Labute approximate surface area is 200 Å². The molecule has 172 valence electrons. The van der Waals surface area contributed by atoms with Crippen molar-refractivity contribution in [1.82, 2.24) is 24.6 Å². The first-order valence-corrected chi connectivity index (χ1v) is 11.8. The van der Waals surface area contributed by atoms with Crippen LogP contribution in [0.25, 0.3) is 16.7 Å². The molecule has 4 aromatic rings. The Morgan fingerprint density at radius 2 is 1.79 bits per heavy atom. The van der Waals surface area contributed by atoms with Crippen LogP contribution >= 0.6 is 11.6 Å².